The van der Waals surface area contributed by atoms with Gasteiger partial charge in [0.2, 0.25) is 0 Å². The van der Waals surface area contributed by atoms with E-state index in [0.717, 1.165) is 16.0 Å². The first kappa shape index (κ1) is 16.5. The maximum absolute atomic E-state index is 4.94. The molecule has 0 aromatic carbocycles. The summed E-state index contributed by atoms with van der Waals surface area (Å²) >= 11 is 1.62. The van der Waals surface area contributed by atoms with Crippen molar-refractivity contribution >= 4 is 29.4 Å². The summed E-state index contributed by atoms with van der Waals surface area (Å²) in [5.74, 6) is 1.34. The molecule has 0 aromatic rings. The Labute approximate surface area is 143 Å². The van der Waals surface area contributed by atoms with Gasteiger partial charge in [-0.15, -0.1) is 0 Å². The molecule has 5 heteroatoms. The average Bonchev–Trinajstić information content (AvgIpc) is 2.68. The van der Waals surface area contributed by atoms with Crippen LogP contribution in [0.4, 0.5) is 0 Å². The number of thioether (sulfide) groups is 1. The zero-order chi connectivity index (χ0) is 17.0. The molecular weight excluding hydrogens is 304 g/mol. The lowest BCUT2D eigenvalue weighted by Crippen LogP contribution is -2.36. The number of nitrogens with zero attached hydrogens (tertiary/aromatic N) is 4. The highest BCUT2D eigenvalue weighted by Gasteiger charge is 2.40. The number of fused-ring (bicyclic) bond motifs is 2. The van der Waals surface area contributed by atoms with Crippen molar-refractivity contribution in [2.75, 3.05) is 0 Å². The van der Waals surface area contributed by atoms with Crippen molar-refractivity contribution in [3.05, 3.63) is 23.1 Å². The predicted molar refractivity (Wildman–Crippen MR) is 101 cm³/mol. The Balaban J connectivity index is 1.94. The third-order valence-electron chi connectivity index (χ3n) is 5.40. The number of hydrogen-bond acceptors (Lipinski definition) is 5. The van der Waals surface area contributed by atoms with Crippen LogP contribution in [0.3, 0.4) is 0 Å². The van der Waals surface area contributed by atoms with E-state index in [-0.39, 0.29) is 16.4 Å². The Morgan fingerprint density at radius 3 is 2.39 bits per heavy atom. The van der Waals surface area contributed by atoms with Crippen LogP contribution in [0.1, 0.15) is 48.5 Å². The van der Waals surface area contributed by atoms with Crippen molar-refractivity contribution < 1.29 is 0 Å². The summed E-state index contributed by atoms with van der Waals surface area (Å²) in [6.45, 7) is 15.4. The van der Waals surface area contributed by atoms with Gasteiger partial charge in [0.15, 0.2) is 11.0 Å². The molecule has 3 aliphatic heterocycles. The summed E-state index contributed by atoms with van der Waals surface area (Å²) in [5, 5.41) is 1.91. The van der Waals surface area contributed by atoms with Crippen LogP contribution < -0.4 is 0 Å². The quantitative estimate of drug-likeness (QED) is 0.701. The molecule has 3 aliphatic rings. The van der Waals surface area contributed by atoms with Crippen molar-refractivity contribution in [1.29, 1.82) is 0 Å². The zero-order valence-corrected chi connectivity index (χ0v) is 15.9. The molecule has 2 atom stereocenters. The van der Waals surface area contributed by atoms with Crippen LogP contribution in [0.15, 0.2) is 38.1 Å². The molecule has 0 fully saturated rings. The minimum Gasteiger partial charge on any atom is -0.278 e. The van der Waals surface area contributed by atoms with E-state index in [0.29, 0.717) is 5.92 Å². The van der Waals surface area contributed by atoms with Gasteiger partial charge >= 0.3 is 0 Å². The highest BCUT2D eigenvalue weighted by molar-refractivity contribution is 8.17. The molecule has 0 bridgehead atoms. The smallest absolute Gasteiger partial charge is 0.176 e. The Kier molecular flexibility index (Phi) is 3.63. The van der Waals surface area contributed by atoms with E-state index in [2.05, 4.69) is 65.6 Å². The second kappa shape index (κ2) is 5.07. The molecule has 0 amide bonds. The summed E-state index contributed by atoms with van der Waals surface area (Å²) in [6, 6.07) is 0. The molecule has 0 aliphatic carbocycles. The van der Waals surface area contributed by atoms with E-state index in [9.17, 15) is 0 Å². The topological polar surface area (TPSA) is 40.3 Å². The van der Waals surface area contributed by atoms with Crippen LogP contribution in [0.25, 0.3) is 0 Å². The second-order valence-electron chi connectivity index (χ2n) is 8.24. The molecule has 0 spiro atoms. The van der Waals surface area contributed by atoms with Crippen molar-refractivity contribution in [2.45, 2.75) is 54.0 Å². The van der Waals surface area contributed by atoms with Crippen LogP contribution in [-0.2, 0) is 0 Å². The van der Waals surface area contributed by atoms with Crippen molar-refractivity contribution in [2.24, 2.45) is 31.7 Å². The Morgan fingerprint density at radius 1 is 1.13 bits per heavy atom. The SMILES string of the molecule is CC(C)C1(C)C=CN2C(=N1)SC1=C2N=CC(C)(C(C)(C)C)C=N1. The first-order valence-electron chi connectivity index (χ1n) is 8.17. The van der Waals surface area contributed by atoms with E-state index < -0.39 is 0 Å². The normalized spacial score (nSPS) is 33.0. The molecule has 3 rings (SSSR count). The van der Waals surface area contributed by atoms with Crippen molar-refractivity contribution in [3.8, 4) is 0 Å². The van der Waals surface area contributed by atoms with E-state index in [1.165, 1.54) is 0 Å². The molecule has 124 valence electrons. The molecule has 3 heterocycles. The van der Waals surface area contributed by atoms with Crippen LogP contribution in [0, 0.1) is 16.7 Å². The fraction of sp³-hybridized carbons (Fsp3) is 0.611. The molecule has 4 nitrogen and oxygen atoms in total. The molecule has 0 saturated carbocycles. The lowest BCUT2D eigenvalue weighted by atomic mass is 9.69. The van der Waals surface area contributed by atoms with Gasteiger partial charge in [-0.2, -0.15) is 0 Å². The maximum atomic E-state index is 4.94. The average molecular weight is 331 g/mol. The zero-order valence-electron chi connectivity index (χ0n) is 15.1. The highest BCUT2D eigenvalue weighted by atomic mass is 32.2. The van der Waals surface area contributed by atoms with Gasteiger partial charge in [-0.3, -0.25) is 9.89 Å². The van der Waals surface area contributed by atoms with Crippen molar-refractivity contribution in [1.82, 2.24) is 4.90 Å². The van der Waals surface area contributed by atoms with Crippen LogP contribution >= 0.6 is 11.8 Å². The van der Waals surface area contributed by atoms with Crippen LogP contribution in [0.5, 0.6) is 0 Å². The molecule has 0 aromatic heterocycles. The van der Waals surface area contributed by atoms with Crippen LogP contribution in [0.2, 0.25) is 0 Å². The molecular formula is C18H26N4S. The minimum atomic E-state index is -0.166. The minimum absolute atomic E-state index is 0.0648. The third kappa shape index (κ3) is 2.59. The third-order valence-corrected chi connectivity index (χ3v) is 6.35. The monoisotopic (exact) mass is 330 g/mol. The fourth-order valence-corrected chi connectivity index (χ4v) is 3.40. The lowest BCUT2D eigenvalue weighted by molar-refractivity contribution is 0.284. The summed E-state index contributed by atoms with van der Waals surface area (Å²) in [5.41, 5.74) is -0.257. The van der Waals surface area contributed by atoms with E-state index >= 15 is 0 Å². The van der Waals surface area contributed by atoms with E-state index in [1.807, 2.05) is 12.4 Å². The summed E-state index contributed by atoms with van der Waals surface area (Å²) in [6.07, 6.45) is 8.34. The predicted octanol–water partition coefficient (Wildman–Crippen LogP) is 4.67. The van der Waals surface area contributed by atoms with E-state index in [1.54, 1.807) is 11.8 Å². The highest BCUT2D eigenvalue weighted by Crippen LogP contribution is 2.44. The Morgan fingerprint density at radius 2 is 1.78 bits per heavy atom. The van der Waals surface area contributed by atoms with Gasteiger partial charge < -0.3 is 0 Å². The maximum Gasteiger partial charge on any atom is 0.176 e. The Bertz CT molecular complexity index is 678. The first-order valence-corrected chi connectivity index (χ1v) is 8.98. The fourth-order valence-electron chi connectivity index (χ4n) is 2.39. The van der Waals surface area contributed by atoms with Crippen molar-refractivity contribution in [3.63, 3.8) is 0 Å². The van der Waals surface area contributed by atoms with Crippen LogP contribution in [-0.4, -0.2) is 28.0 Å². The molecule has 23 heavy (non-hydrogen) atoms. The van der Waals surface area contributed by atoms with Gasteiger partial charge in [0.1, 0.15) is 5.03 Å². The van der Waals surface area contributed by atoms with Gasteiger partial charge in [-0.25, -0.2) is 9.98 Å². The molecule has 0 radical (unpaired) electrons. The van der Waals surface area contributed by atoms with Gasteiger partial charge in [-0.1, -0.05) is 34.6 Å². The number of rotatable bonds is 1. The molecule has 0 saturated heterocycles. The van der Waals surface area contributed by atoms with Gasteiger partial charge in [-0.05, 0) is 43.0 Å². The first-order chi connectivity index (χ1) is 10.6. The Hall–Kier alpha value is -1.36. The summed E-state index contributed by atoms with van der Waals surface area (Å²) < 4.78 is 0. The standard InChI is InChI=1S/C18H26N4S/c1-12(2)18(7)8-9-22-13-14(23-15(22)21-18)20-11-17(6,10-19-13)16(3,4)5/h8-12H,1-7H3. The van der Waals surface area contributed by atoms with E-state index in [4.69, 9.17) is 15.0 Å². The van der Waals surface area contributed by atoms with Gasteiger partial charge in [0.25, 0.3) is 0 Å². The lowest BCUT2D eigenvalue weighted by Gasteiger charge is -2.35. The molecule has 0 N–H and O–H groups in total. The second-order valence-corrected chi connectivity index (χ2v) is 9.20. The largest absolute Gasteiger partial charge is 0.278 e. The number of amidine groups is 1. The van der Waals surface area contributed by atoms with Gasteiger partial charge in [0, 0.05) is 24.0 Å². The summed E-state index contributed by atoms with van der Waals surface area (Å²) in [4.78, 5) is 16.5. The molecule has 2 unspecified atom stereocenters. The number of hydrogen-bond donors (Lipinski definition) is 0. The summed E-state index contributed by atoms with van der Waals surface area (Å²) in [7, 11) is 0. The number of aliphatic imine (C=N–C) groups is 3. The van der Waals surface area contributed by atoms with Gasteiger partial charge in [0.05, 0.1) is 5.54 Å².